The van der Waals surface area contributed by atoms with Crippen molar-refractivity contribution in [1.29, 1.82) is 0 Å². The Morgan fingerprint density at radius 1 is 1.00 bits per heavy atom. The monoisotopic (exact) mass is 502 g/mol. The van der Waals surface area contributed by atoms with Crippen LogP contribution in [0.4, 0.5) is 5.69 Å². The summed E-state index contributed by atoms with van der Waals surface area (Å²) >= 11 is 5.76. The third-order valence-corrected chi connectivity index (χ3v) is 8.31. The topological polar surface area (TPSA) is 79.5 Å². The minimum absolute atomic E-state index is 0.185. The number of hydrogen-bond acceptors (Lipinski definition) is 6. The number of nitrogens with zero attached hydrogens (tertiary/aromatic N) is 1. The lowest BCUT2D eigenvalue weighted by Crippen LogP contribution is -2.32. The van der Waals surface area contributed by atoms with Gasteiger partial charge in [0, 0.05) is 15.3 Å². The molecule has 3 atom stereocenters. The summed E-state index contributed by atoms with van der Waals surface area (Å²) in [6, 6.07) is 14.6. The molecule has 30 heavy (non-hydrogen) atoms. The molecule has 0 spiro atoms. The summed E-state index contributed by atoms with van der Waals surface area (Å²) in [4.78, 5) is 43.6. The van der Waals surface area contributed by atoms with Gasteiger partial charge in [0.2, 0.25) is 11.8 Å². The molecule has 0 unspecified atom stereocenters. The minimum Gasteiger partial charge on any atom is -0.497 e. The minimum atomic E-state index is -0.592. The van der Waals surface area contributed by atoms with Crippen LogP contribution in [-0.2, 0) is 9.59 Å². The van der Waals surface area contributed by atoms with Gasteiger partial charge in [-0.15, -0.1) is 0 Å². The molecule has 1 saturated heterocycles. The Kier molecular flexibility index (Phi) is 4.83. The second-order valence-corrected chi connectivity index (χ2v) is 10.1. The van der Waals surface area contributed by atoms with Gasteiger partial charge < -0.3 is 9.72 Å². The molecule has 2 amide bonds. The van der Waals surface area contributed by atoms with Crippen LogP contribution in [0.15, 0.2) is 62.8 Å². The van der Waals surface area contributed by atoms with Crippen LogP contribution < -0.4 is 14.5 Å². The van der Waals surface area contributed by atoms with Crippen LogP contribution in [0.3, 0.4) is 0 Å². The molecule has 9 heteroatoms. The molecule has 6 nitrogen and oxygen atoms in total. The van der Waals surface area contributed by atoms with Gasteiger partial charge in [0.05, 0.1) is 23.7 Å². The molecule has 2 aromatic carbocycles. The molecule has 3 aromatic rings. The zero-order valence-electron chi connectivity index (χ0n) is 15.6. The molecule has 0 bridgehead atoms. The number of carbonyl (C=O) groups is 2. The molecule has 2 aliphatic heterocycles. The molecule has 1 fully saturated rings. The van der Waals surface area contributed by atoms with E-state index in [4.69, 9.17) is 4.74 Å². The number of carbonyl (C=O) groups excluding carboxylic acids is 2. The molecule has 0 saturated carbocycles. The number of amides is 2. The summed E-state index contributed by atoms with van der Waals surface area (Å²) in [5, 5.41) is 0.0804. The molecular formula is C21H15BrN2O4S2. The number of rotatable bonds is 3. The Balaban J connectivity index is 1.63. The van der Waals surface area contributed by atoms with Gasteiger partial charge in [0.15, 0.2) is 0 Å². The van der Waals surface area contributed by atoms with E-state index in [1.165, 1.54) is 16.7 Å². The Morgan fingerprint density at radius 2 is 1.70 bits per heavy atom. The average molecular weight is 503 g/mol. The summed E-state index contributed by atoms with van der Waals surface area (Å²) < 4.78 is 6.12. The van der Waals surface area contributed by atoms with Crippen molar-refractivity contribution < 1.29 is 14.3 Å². The van der Waals surface area contributed by atoms with E-state index in [-0.39, 0.29) is 22.6 Å². The molecule has 1 N–H and O–H groups in total. The fraction of sp³-hybridized carbons (Fsp3) is 0.190. The zero-order valence-corrected chi connectivity index (χ0v) is 18.8. The smallest absolute Gasteiger partial charge is 0.305 e. The van der Waals surface area contributed by atoms with E-state index in [0.717, 1.165) is 26.3 Å². The number of methoxy groups -OCH3 is 1. The summed E-state index contributed by atoms with van der Waals surface area (Å²) in [6.07, 6.45) is 0. The number of thiazole rings is 1. The van der Waals surface area contributed by atoms with E-state index < -0.39 is 11.2 Å². The standard InChI is InChI=1S/C21H15BrN2O4S2/c1-28-13-8-2-10(3-9-13)14-15-17(29-18-16(14)30-21(27)23-18)20(26)24(19(15)25)12-6-4-11(22)5-7-12/h2-9,14-15,17H,1H3,(H,23,27)/t14-,15-,17-/m0/s1. The van der Waals surface area contributed by atoms with Crippen LogP contribution in [0.5, 0.6) is 5.75 Å². The maximum absolute atomic E-state index is 13.5. The number of halogens is 1. The van der Waals surface area contributed by atoms with E-state index >= 15 is 0 Å². The number of benzene rings is 2. The second-order valence-electron chi connectivity index (χ2n) is 7.01. The quantitative estimate of drug-likeness (QED) is 0.547. The Bertz CT molecular complexity index is 1200. The fourth-order valence-corrected chi connectivity index (χ4v) is 6.81. The van der Waals surface area contributed by atoms with Gasteiger partial charge >= 0.3 is 4.87 Å². The summed E-state index contributed by atoms with van der Waals surface area (Å²) in [5.41, 5.74) is 1.43. The molecule has 0 radical (unpaired) electrons. The largest absolute Gasteiger partial charge is 0.497 e. The van der Waals surface area contributed by atoms with E-state index in [2.05, 4.69) is 20.9 Å². The third kappa shape index (κ3) is 3.03. The van der Waals surface area contributed by atoms with Gasteiger partial charge in [-0.25, -0.2) is 4.90 Å². The number of nitrogens with one attached hydrogen (secondary N) is 1. The highest BCUT2D eigenvalue weighted by atomic mass is 79.9. The summed E-state index contributed by atoms with van der Waals surface area (Å²) in [6.45, 7) is 0. The SMILES string of the molecule is COc1ccc([C@@H]2c3sc(=O)[nH]c3S[C@@H]3C(=O)N(c4ccc(Br)cc4)C(=O)[C@@H]23)cc1. The number of thioether (sulfide) groups is 1. The Hall–Kier alpha value is -2.36. The van der Waals surface area contributed by atoms with Crippen molar-refractivity contribution in [1.82, 2.24) is 4.98 Å². The van der Waals surface area contributed by atoms with Gasteiger partial charge in [0.1, 0.15) is 11.0 Å². The highest BCUT2D eigenvalue weighted by Gasteiger charge is 2.56. The Morgan fingerprint density at radius 3 is 2.37 bits per heavy atom. The van der Waals surface area contributed by atoms with Crippen LogP contribution >= 0.6 is 39.0 Å². The molecule has 1 aromatic heterocycles. The van der Waals surface area contributed by atoms with Gasteiger partial charge in [-0.2, -0.15) is 0 Å². The van der Waals surface area contributed by atoms with Crippen molar-refractivity contribution in [2.75, 3.05) is 12.0 Å². The van der Waals surface area contributed by atoms with Crippen LogP contribution in [0.1, 0.15) is 16.4 Å². The second kappa shape index (κ2) is 7.40. The van der Waals surface area contributed by atoms with Crippen molar-refractivity contribution in [3.05, 3.63) is 73.1 Å². The highest BCUT2D eigenvalue weighted by Crippen LogP contribution is 2.53. The lowest BCUT2D eigenvalue weighted by Gasteiger charge is -2.29. The third-order valence-electron chi connectivity index (χ3n) is 5.38. The van der Waals surface area contributed by atoms with E-state index in [9.17, 15) is 14.4 Å². The predicted octanol–water partition coefficient (Wildman–Crippen LogP) is 4.00. The highest BCUT2D eigenvalue weighted by molar-refractivity contribution is 9.10. The van der Waals surface area contributed by atoms with E-state index in [0.29, 0.717) is 16.5 Å². The fourth-order valence-electron chi connectivity index (χ4n) is 4.03. The van der Waals surface area contributed by atoms with Crippen molar-refractivity contribution in [2.45, 2.75) is 16.2 Å². The molecule has 152 valence electrons. The first kappa shape index (κ1) is 19.6. The number of hydrogen-bond donors (Lipinski definition) is 1. The number of fused-ring (bicyclic) bond motifs is 2. The first-order valence-electron chi connectivity index (χ1n) is 9.15. The predicted molar refractivity (Wildman–Crippen MR) is 120 cm³/mol. The average Bonchev–Trinajstić information content (AvgIpc) is 3.24. The van der Waals surface area contributed by atoms with Gasteiger partial charge in [-0.3, -0.25) is 14.4 Å². The molecule has 0 aliphatic carbocycles. The lowest BCUT2D eigenvalue weighted by molar-refractivity contribution is -0.122. The number of H-pyrrole nitrogens is 1. The first-order valence-corrected chi connectivity index (χ1v) is 11.6. The first-order chi connectivity index (χ1) is 14.5. The van der Waals surface area contributed by atoms with E-state index in [1.807, 2.05) is 24.3 Å². The van der Waals surface area contributed by atoms with Crippen molar-refractivity contribution in [3.8, 4) is 5.75 Å². The van der Waals surface area contributed by atoms with Crippen molar-refractivity contribution >= 4 is 56.5 Å². The zero-order chi connectivity index (χ0) is 21.0. The number of imide groups is 1. The van der Waals surface area contributed by atoms with Crippen LogP contribution in [0, 0.1) is 5.92 Å². The normalized spacial score (nSPS) is 22.7. The molecule has 2 aliphatic rings. The van der Waals surface area contributed by atoms with Crippen molar-refractivity contribution in [3.63, 3.8) is 0 Å². The van der Waals surface area contributed by atoms with E-state index in [1.54, 1.807) is 31.4 Å². The number of aromatic nitrogens is 1. The van der Waals surface area contributed by atoms with Gasteiger partial charge in [-0.1, -0.05) is 51.2 Å². The molecule has 3 heterocycles. The molecule has 5 rings (SSSR count). The summed E-state index contributed by atoms with van der Waals surface area (Å²) in [7, 11) is 1.59. The Labute approximate surface area is 188 Å². The number of anilines is 1. The van der Waals surface area contributed by atoms with Gasteiger partial charge in [-0.05, 0) is 42.0 Å². The lowest BCUT2D eigenvalue weighted by atomic mass is 9.83. The maximum atomic E-state index is 13.5. The van der Waals surface area contributed by atoms with Crippen LogP contribution in [0.2, 0.25) is 0 Å². The van der Waals surface area contributed by atoms with Crippen LogP contribution in [0.25, 0.3) is 0 Å². The molecular weight excluding hydrogens is 488 g/mol. The van der Waals surface area contributed by atoms with Crippen LogP contribution in [-0.4, -0.2) is 29.2 Å². The maximum Gasteiger partial charge on any atom is 0.305 e. The number of aromatic amines is 1. The summed E-state index contributed by atoms with van der Waals surface area (Å²) in [5.74, 6) is -0.759. The van der Waals surface area contributed by atoms with Crippen molar-refractivity contribution in [2.24, 2.45) is 5.92 Å². The van der Waals surface area contributed by atoms with Gasteiger partial charge in [0.25, 0.3) is 0 Å². The number of ether oxygens (including phenoxy) is 1.